The van der Waals surface area contributed by atoms with Gasteiger partial charge < -0.3 is 14.0 Å². The van der Waals surface area contributed by atoms with E-state index >= 15 is 0 Å². The Bertz CT molecular complexity index is 1200. The first-order chi connectivity index (χ1) is 15.5. The van der Waals surface area contributed by atoms with Crippen molar-refractivity contribution in [2.24, 2.45) is 0 Å². The Hall–Kier alpha value is -2.69. The fourth-order valence-electron chi connectivity index (χ4n) is 3.74. The largest absolute Gasteiger partial charge is 0.494 e. The molecule has 0 N–H and O–H groups in total. The van der Waals surface area contributed by atoms with E-state index in [1.807, 2.05) is 68.4 Å². The summed E-state index contributed by atoms with van der Waals surface area (Å²) in [6.45, 7) is 5.84. The second kappa shape index (κ2) is 10.3. The van der Waals surface area contributed by atoms with E-state index in [1.54, 1.807) is 0 Å². The van der Waals surface area contributed by atoms with Crippen molar-refractivity contribution in [3.05, 3.63) is 87.7 Å². The van der Waals surface area contributed by atoms with Gasteiger partial charge in [-0.3, -0.25) is 0 Å². The van der Waals surface area contributed by atoms with E-state index in [1.165, 1.54) is 0 Å². The fourth-order valence-corrected chi connectivity index (χ4v) is 4.04. The molecule has 4 rings (SSSR count). The lowest BCUT2D eigenvalue weighted by atomic mass is 10.1. The lowest BCUT2D eigenvalue weighted by Gasteiger charge is -2.12. The summed E-state index contributed by atoms with van der Waals surface area (Å²) in [5, 5.41) is 1.40. The molecule has 0 radical (unpaired) electrons. The van der Waals surface area contributed by atoms with Crippen LogP contribution in [0.1, 0.15) is 29.8 Å². The third-order valence-electron chi connectivity index (χ3n) is 5.38. The number of nitrogens with zero attached hydrogens (tertiary/aromatic N) is 2. The van der Waals surface area contributed by atoms with Crippen molar-refractivity contribution in [3.63, 3.8) is 0 Å². The van der Waals surface area contributed by atoms with Gasteiger partial charge in [-0.15, -0.1) is 0 Å². The molecule has 0 saturated heterocycles. The predicted octanol–water partition coefficient (Wildman–Crippen LogP) is 7.40. The van der Waals surface area contributed by atoms with Gasteiger partial charge in [0.2, 0.25) is 0 Å². The van der Waals surface area contributed by atoms with Gasteiger partial charge in [-0.05, 0) is 74.2 Å². The highest BCUT2D eigenvalue weighted by Crippen LogP contribution is 2.27. The van der Waals surface area contributed by atoms with Crippen molar-refractivity contribution in [2.45, 2.75) is 39.8 Å². The van der Waals surface area contributed by atoms with Gasteiger partial charge in [0, 0.05) is 11.6 Å². The number of unbranched alkanes of at least 4 members (excludes halogenated alkanes) is 1. The molecule has 6 heteroatoms. The first kappa shape index (κ1) is 22.5. The van der Waals surface area contributed by atoms with E-state index in [4.69, 9.17) is 37.7 Å². The molecule has 0 amide bonds. The van der Waals surface area contributed by atoms with E-state index in [9.17, 15) is 0 Å². The number of ether oxygens (including phenoxy) is 2. The van der Waals surface area contributed by atoms with Gasteiger partial charge in [-0.1, -0.05) is 47.5 Å². The molecule has 0 atom stereocenters. The summed E-state index contributed by atoms with van der Waals surface area (Å²) >= 11 is 12.5. The minimum Gasteiger partial charge on any atom is -0.494 e. The number of halogens is 2. The molecule has 0 aliphatic rings. The van der Waals surface area contributed by atoms with Crippen LogP contribution in [-0.4, -0.2) is 16.2 Å². The molecule has 0 spiro atoms. The van der Waals surface area contributed by atoms with Gasteiger partial charge in [0.05, 0.1) is 22.7 Å². The summed E-state index contributed by atoms with van der Waals surface area (Å²) in [5.41, 5.74) is 4.15. The summed E-state index contributed by atoms with van der Waals surface area (Å²) < 4.78 is 14.1. The number of hydrogen-bond acceptors (Lipinski definition) is 3. The Kier molecular flexibility index (Phi) is 7.23. The predicted molar refractivity (Wildman–Crippen MR) is 131 cm³/mol. The van der Waals surface area contributed by atoms with Crippen molar-refractivity contribution in [3.8, 4) is 11.5 Å². The number of aryl methyl sites for hydroxylation is 3. The number of fused-ring (bicyclic) bond motifs is 1. The number of aromatic nitrogens is 2. The molecular weight excluding hydrogens is 443 g/mol. The van der Waals surface area contributed by atoms with Crippen LogP contribution in [0.25, 0.3) is 11.0 Å². The van der Waals surface area contributed by atoms with Gasteiger partial charge in [0.25, 0.3) is 0 Å². The third-order valence-corrected chi connectivity index (χ3v) is 6.29. The summed E-state index contributed by atoms with van der Waals surface area (Å²) in [4.78, 5) is 4.78. The summed E-state index contributed by atoms with van der Waals surface area (Å²) in [6, 6.07) is 19.6. The molecular formula is C26H26Cl2N2O2. The molecule has 32 heavy (non-hydrogen) atoms. The minimum atomic E-state index is 0.359. The molecule has 0 saturated carbocycles. The zero-order valence-electron chi connectivity index (χ0n) is 18.3. The van der Waals surface area contributed by atoms with E-state index in [2.05, 4.69) is 10.6 Å². The van der Waals surface area contributed by atoms with Crippen LogP contribution in [0.3, 0.4) is 0 Å². The van der Waals surface area contributed by atoms with Gasteiger partial charge in [-0.25, -0.2) is 4.98 Å². The van der Waals surface area contributed by atoms with Crippen LogP contribution in [0.4, 0.5) is 0 Å². The monoisotopic (exact) mass is 468 g/mol. The molecule has 0 fully saturated rings. The van der Waals surface area contributed by atoms with E-state index in [0.29, 0.717) is 24.0 Å². The van der Waals surface area contributed by atoms with Crippen LogP contribution in [0.15, 0.2) is 60.7 Å². The Labute approximate surface area is 198 Å². The van der Waals surface area contributed by atoms with Crippen LogP contribution in [0, 0.1) is 13.8 Å². The molecule has 0 unspecified atom stereocenters. The molecule has 0 aliphatic carbocycles. The molecule has 4 nitrogen and oxygen atoms in total. The molecule has 166 valence electrons. The van der Waals surface area contributed by atoms with Crippen molar-refractivity contribution >= 4 is 34.2 Å². The van der Waals surface area contributed by atoms with Crippen LogP contribution >= 0.6 is 23.2 Å². The summed E-state index contributed by atoms with van der Waals surface area (Å²) in [7, 11) is 0. The Balaban J connectivity index is 1.39. The zero-order valence-corrected chi connectivity index (χ0v) is 19.8. The first-order valence-electron chi connectivity index (χ1n) is 10.7. The van der Waals surface area contributed by atoms with Crippen molar-refractivity contribution in [1.82, 2.24) is 9.55 Å². The maximum Gasteiger partial charge on any atom is 0.147 e. The van der Waals surface area contributed by atoms with Gasteiger partial charge in [0.1, 0.15) is 23.9 Å². The average molecular weight is 469 g/mol. The molecule has 4 aromatic rings. The zero-order chi connectivity index (χ0) is 22.5. The summed E-state index contributed by atoms with van der Waals surface area (Å²) in [6.07, 6.45) is 1.89. The highest BCUT2D eigenvalue weighted by Gasteiger charge is 2.12. The second-order valence-electron chi connectivity index (χ2n) is 7.81. The maximum absolute atomic E-state index is 6.24. The second-order valence-corrected chi connectivity index (χ2v) is 8.60. The average Bonchev–Trinajstić information content (AvgIpc) is 3.14. The van der Waals surface area contributed by atoms with E-state index in [0.717, 1.165) is 58.1 Å². The van der Waals surface area contributed by atoms with Crippen LogP contribution < -0.4 is 9.47 Å². The lowest BCUT2D eigenvalue weighted by Crippen LogP contribution is -2.09. The van der Waals surface area contributed by atoms with Crippen LogP contribution in [-0.2, 0) is 13.2 Å². The normalized spacial score (nSPS) is 11.1. The maximum atomic E-state index is 6.24. The molecule has 0 aliphatic heterocycles. The third kappa shape index (κ3) is 5.20. The van der Waals surface area contributed by atoms with Crippen LogP contribution in [0.5, 0.6) is 11.5 Å². The van der Waals surface area contributed by atoms with E-state index < -0.39 is 0 Å². The van der Waals surface area contributed by atoms with Gasteiger partial charge in [-0.2, -0.15) is 0 Å². The lowest BCUT2D eigenvalue weighted by molar-refractivity contribution is 0.285. The smallest absolute Gasteiger partial charge is 0.147 e. The van der Waals surface area contributed by atoms with Crippen molar-refractivity contribution < 1.29 is 9.47 Å². The Morgan fingerprint density at radius 1 is 0.875 bits per heavy atom. The minimum absolute atomic E-state index is 0.359. The molecule has 0 bridgehead atoms. The van der Waals surface area contributed by atoms with Gasteiger partial charge in [0.15, 0.2) is 0 Å². The molecule has 1 heterocycles. The quantitative estimate of drug-likeness (QED) is 0.240. The Morgan fingerprint density at radius 3 is 2.38 bits per heavy atom. The number of imidazole rings is 1. The van der Waals surface area contributed by atoms with E-state index in [-0.39, 0.29) is 0 Å². The van der Waals surface area contributed by atoms with Crippen molar-refractivity contribution in [2.75, 3.05) is 6.61 Å². The summed E-state index contributed by atoms with van der Waals surface area (Å²) in [5.74, 6) is 2.41. The highest BCUT2D eigenvalue weighted by molar-refractivity contribution is 6.32. The first-order valence-corrected chi connectivity index (χ1v) is 11.5. The number of benzene rings is 3. The topological polar surface area (TPSA) is 36.3 Å². The number of hydrogen-bond donors (Lipinski definition) is 0. The van der Waals surface area contributed by atoms with Gasteiger partial charge >= 0.3 is 0 Å². The highest BCUT2D eigenvalue weighted by atomic mass is 35.5. The number of rotatable bonds is 9. The SMILES string of the molecule is Cc1cc(OCCCCn2c(COc3ccccc3Cl)nc3ccccc32)cc(C)c1Cl. The Morgan fingerprint density at radius 2 is 1.59 bits per heavy atom. The standard InChI is InChI=1S/C26H26Cl2N2O2/c1-18-15-20(16-19(2)26(18)28)31-14-8-7-13-30-23-11-5-4-10-22(23)29-25(30)17-32-24-12-6-3-9-21(24)27/h3-6,9-12,15-16H,7-8,13-14,17H2,1-2H3. The molecule has 1 aromatic heterocycles. The van der Waals surface area contributed by atoms with Crippen LogP contribution in [0.2, 0.25) is 10.0 Å². The van der Waals surface area contributed by atoms with Crippen molar-refractivity contribution in [1.29, 1.82) is 0 Å². The number of para-hydroxylation sites is 3. The fraction of sp³-hybridized carbons (Fsp3) is 0.269. The molecule has 3 aromatic carbocycles.